The average Bonchev–Trinajstić information content (AvgIpc) is 2.79. The molecule has 0 aliphatic rings. The van der Waals surface area contributed by atoms with Gasteiger partial charge in [0, 0.05) is 10.4 Å². The molecule has 7 heteroatoms. The Bertz CT molecular complexity index is 647. The summed E-state index contributed by atoms with van der Waals surface area (Å²) in [5, 5.41) is 11.1. The monoisotopic (exact) mass is 313 g/mol. The molecule has 2 aromatic rings. The van der Waals surface area contributed by atoms with Gasteiger partial charge in [0.25, 0.3) is 5.89 Å². The molecule has 1 aromatic carbocycles. The van der Waals surface area contributed by atoms with Crippen LogP contribution in [0.3, 0.4) is 0 Å². The first-order chi connectivity index (χ1) is 9.27. The van der Waals surface area contributed by atoms with Crippen LogP contribution in [-0.4, -0.2) is 16.1 Å². The van der Waals surface area contributed by atoms with Gasteiger partial charge in [0.2, 0.25) is 5.91 Å². The van der Waals surface area contributed by atoms with Crippen molar-refractivity contribution in [3.63, 3.8) is 0 Å². The van der Waals surface area contributed by atoms with Crippen molar-refractivity contribution in [3.05, 3.63) is 28.2 Å². The summed E-state index contributed by atoms with van der Waals surface area (Å²) in [6.07, 6.45) is 0. The number of amides is 1. The fraction of sp³-hybridized carbons (Fsp3) is 0.308. The lowest BCUT2D eigenvalue weighted by molar-refractivity contribution is -0.123. The molecule has 0 radical (unpaired) electrons. The van der Waals surface area contributed by atoms with Gasteiger partial charge in [-0.3, -0.25) is 10.1 Å². The number of anilines is 1. The van der Waals surface area contributed by atoms with Crippen molar-refractivity contribution in [3.8, 4) is 11.5 Å². The zero-order chi connectivity index (χ0) is 14.9. The Morgan fingerprint density at radius 1 is 1.25 bits per heavy atom. The summed E-state index contributed by atoms with van der Waals surface area (Å²) in [4.78, 5) is 11.8. The molecule has 0 saturated carbocycles. The SMILES string of the molecule is CC(C)(C)C(=O)Nc1nnc(-c2cc(Cl)ccc2Cl)o1. The normalized spacial score (nSPS) is 11.4. The van der Waals surface area contributed by atoms with Gasteiger partial charge in [-0.15, -0.1) is 5.10 Å². The van der Waals surface area contributed by atoms with E-state index in [0.717, 1.165) is 0 Å². The molecule has 0 unspecified atom stereocenters. The number of rotatable bonds is 2. The van der Waals surface area contributed by atoms with Gasteiger partial charge in [0.1, 0.15) is 0 Å². The molecule has 106 valence electrons. The first-order valence-corrected chi connectivity index (χ1v) is 6.63. The smallest absolute Gasteiger partial charge is 0.322 e. The van der Waals surface area contributed by atoms with E-state index in [2.05, 4.69) is 15.5 Å². The largest absolute Gasteiger partial charge is 0.403 e. The molecule has 0 atom stereocenters. The van der Waals surface area contributed by atoms with E-state index in [1.165, 1.54) is 0 Å². The van der Waals surface area contributed by atoms with Gasteiger partial charge in [-0.2, -0.15) is 0 Å². The van der Waals surface area contributed by atoms with E-state index in [0.29, 0.717) is 15.6 Å². The molecule has 0 aliphatic carbocycles. The van der Waals surface area contributed by atoms with Crippen LogP contribution < -0.4 is 5.32 Å². The third kappa shape index (κ3) is 3.29. The molecule has 5 nitrogen and oxygen atoms in total. The number of hydrogen-bond acceptors (Lipinski definition) is 4. The van der Waals surface area contributed by atoms with E-state index in [1.807, 2.05) is 0 Å². The highest BCUT2D eigenvalue weighted by atomic mass is 35.5. The van der Waals surface area contributed by atoms with Gasteiger partial charge in [-0.05, 0) is 18.2 Å². The molecule has 0 bridgehead atoms. The lowest BCUT2D eigenvalue weighted by atomic mass is 9.96. The van der Waals surface area contributed by atoms with Crippen LogP contribution in [0.15, 0.2) is 22.6 Å². The molecular weight excluding hydrogens is 301 g/mol. The zero-order valence-electron chi connectivity index (χ0n) is 11.2. The van der Waals surface area contributed by atoms with Gasteiger partial charge in [-0.1, -0.05) is 49.1 Å². The summed E-state index contributed by atoms with van der Waals surface area (Å²) in [6, 6.07) is 4.94. The second-order valence-corrected chi connectivity index (χ2v) is 6.08. The molecule has 0 aliphatic heterocycles. The summed E-state index contributed by atoms with van der Waals surface area (Å²) in [7, 11) is 0. The molecule has 20 heavy (non-hydrogen) atoms. The van der Waals surface area contributed by atoms with Gasteiger partial charge in [-0.25, -0.2) is 0 Å². The van der Waals surface area contributed by atoms with E-state index >= 15 is 0 Å². The molecule has 0 fully saturated rings. The average molecular weight is 314 g/mol. The van der Waals surface area contributed by atoms with Crippen molar-refractivity contribution >= 4 is 35.1 Å². The minimum Gasteiger partial charge on any atom is -0.403 e. The third-order valence-corrected chi connectivity index (χ3v) is 3.05. The van der Waals surface area contributed by atoms with Crippen molar-refractivity contribution in [2.24, 2.45) is 5.41 Å². The number of aromatic nitrogens is 2. The standard InChI is InChI=1S/C13H13Cl2N3O2/c1-13(2,3)11(19)16-12-18-17-10(20-12)8-6-7(14)4-5-9(8)15/h4-6H,1-3H3,(H,16,18,19). The number of hydrogen-bond donors (Lipinski definition) is 1. The molecule has 1 aromatic heterocycles. The van der Waals surface area contributed by atoms with E-state index in [9.17, 15) is 4.79 Å². The number of halogens is 2. The molecule has 2 rings (SSSR count). The quantitative estimate of drug-likeness (QED) is 0.909. The fourth-order valence-corrected chi connectivity index (χ4v) is 1.70. The van der Waals surface area contributed by atoms with E-state index in [4.69, 9.17) is 27.6 Å². The van der Waals surface area contributed by atoms with Crippen molar-refractivity contribution in [1.29, 1.82) is 0 Å². The number of carbonyl (C=O) groups is 1. The van der Waals surface area contributed by atoms with E-state index in [1.54, 1.807) is 39.0 Å². The summed E-state index contributed by atoms with van der Waals surface area (Å²) >= 11 is 11.9. The highest BCUT2D eigenvalue weighted by Gasteiger charge is 2.23. The van der Waals surface area contributed by atoms with Crippen LogP contribution in [0, 0.1) is 5.41 Å². The maximum atomic E-state index is 11.8. The molecule has 1 heterocycles. The van der Waals surface area contributed by atoms with Crippen LogP contribution in [0.1, 0.15) is 20.8 Å². The highest BCUT2D eigenvalue weighted by molar-refractivity contribution is 6.35. The van der Waals surface area contributed by atoms with Crippen molar-refractivity contribution in [2.75, 3.05) is 5.32 Å². The molecule has 0 saturated heterocycles. The van der Waals surface area contributed by atoms with Gasteiger partial charge < -0.3 is 4.42 Å². The lowest BCUT2D eigenvalue weighted by Gasteiger charge is -2.15. The second-order valence-electron chi connectivity index (χ2n) is 5.24. The summed E-state index contributed by atoms with van der Waals surface area (Å²) in [5.74, 6) is -0.0217. The van der Waals surface area contributed by atoms with E-state index in [-0.39, 0.29) is 17.8 Å². The molecular formula is C13H13Cl2N3O2. The number of nitrogens with zero attached hydrogens (tertiary/aromatic N) is 2. The van der Waals surface area contributed by atoms with Crippen LogP contribution in [0.4, 0.5) is 6.01 Å². The van der Waals surface area contributed by atoms with Gasteiger partial charge in [0.05, 0.1) is 10.6 Å². The van der Waals surface area contributed by atoms with E-state index < -0.39 is 5.41 Å². The topological polar surface area (TPSA) is 68.0 Å². The van der Waals surface area contributed by atoms with Crippen LogP contribution in [-0.2, 0) is 4.79 Å². The predicted molar refractivity (Wildman–Crippen MR) is 77.8 cm³/mol. The Morgan fingerprint density at radius 2 is 1.95 bits per heavy atom. The number of benzene rings is 1. The zero-order valence-corrected chi connectivity index (χ0v) is 12.7. The Morgan fingerprint density at radius 3 is 2.60 bits per heavy atom. The fourth-order valence-electron chi connectivity index (χ4n) is 1.33. The molecule has 1 N–H and O–H groups in total. The Labute approximate surface area is 126 Å². The Hall–Kier alpha value is -1.59. The Balaban J connectivity index is 2.25. The minimum atomic E-state index is -0.553. The minimum absolute atomic E-state index is 0.0240. The van der Waals surface area contributed by atoms with Gasteiger partial charge >= 0.3 is 6.01 Å². The van der Waals surface area contributed by atoms with Crippen molar-refractivity contribution < 1.29 is 9.21 Å². The molecule has 0 spiro atoms. The second kappa shape index (κ2) is 5.42. The molecule has 1 amide bonds. The van der Waals surface area contributed by atoms with Crippen molar-refractivity contribution in [2.45, 2.75) is 20.8 Å². The highest BCUT2D eigenvalue weighted by Crippen LogP contribution is 2.30. The Kier molecular flexibility index (Phi) is 4.01. The third-order valence-electron chi connectivity index (χ3n) is 2.49. The summed E-state index contributed by atoms with van der Waals surface area (Å²) in [5.41, 5.74) is -0.0366. The number of nitrogens with one attached hydrogen (secondary N) is 1. The van der Waals surface area contributed by atoms with Crippen LogP contribution in [0.2, 0.25) is 10.0 Å². The van der Waals surface area contributed by atoms with Crippen molar-refractivity contribution in [1.82, 2.24) is 10.2 Å². The van der Waals surface area contributed by atoms with Crippen LogP contribution in [0.25, 0.3) is 11.5 Å². The lowest BCUT2D eigenvalue weighted by Crippen LogP contribution is -2.27. The first-order valence-electron chi connectivity index (χ1n) is 5.88. The number of carbonyl (C=O) groups excluding carboxylic acids is 1. The van der Waals surface area contributed by atoms with Crippen LogP contribution in [0.5, 0.6) is 0 Å². The maximum absolute atomic E-state index is 11.8. The van der Waals surface area contributed by atoms with Gasteiger partial charge in [0.15, 0.2) is 0 Å². The van der Waals surface area contributed by atoms with Crippen LogP contribution >= 0.6 is 23.2 Å². The summed E-state index contributed by atoms with van der Waals surface area (Å²) < 4.78 is 5.37. The predicted octanol–water partition coefficient (Wildman–Crippen LogP) is 4.03. The first kappa shape index (κ1) is 14.8. The maximum Gasteiger partial charge on any atom is 0.322 e. The summed E-state index contributed by atoms with van der Waals surface area (Å²) in [6.45, 7) is 5.36.